The summed E-state index contributed by atoms with van der Waals surface area (Å²) in [6, 6.07) is 6.08. The van der Waals surface area contributed by atoms with Gasteiger partial charge in [-0.1, -0.05) is 12.1 Å². The van der Waals surface area contributed by atoms with Gasteiger partial charge in [0, 0.05) is 5.56 Å². The number of benzene rings is 2. The second-order valence-corrected chi connectivity index (χ2v) is 6.11. The Labute approximate surface area is 113 Å². The number of hydrogen-bond donors (Lipinski definition) is 1. The maximum atomic E-state index is 13.5. The number of rotatable bonds is 3. The second-order valence-electron chi connectivity index (χ2n) is 4.15. The summed E-state index contributed by atoms with van der Waals surface area (Å²) in [7, 11) is -4.08. The van der Waals surface area contributed by atoms with Gasteiger partial charge >= 0.3 is 0 Å². The Morgan fingerprint density at radius 2 is 1.75 bits per heavy atom. The molecule has 106 valence electrons. The molecule has 0 spiro atoms. The molecule has 0 atom stereocenters. The zero-order valence-corrected chi connectivity index (χ0v) is 10.9. The lowest BCUT2D eigenvalue weighted by molar-refractivity contribution is 0.501. The summed E-state index contributed by atoms with van der Waals surface area (Å²) >= 11 is 0. The number of hydrogen-bond acceptors (Lipinski definition) is 3. The Balaban J connectivity index is 2.46. The SMILES string of the molecule is Nc1ccc(F)cc1S(=O)(=O)Cc1cccc(F)c1F. The minimum atomic E-state index is -4.08. The van der Waals surface area contributed by atoms with Gasteiger partial charge in [-0.15, -0.1) is 0 Å². The lowest BCUT2D eigenvalue weighted by Gasteiger charge is -2.08. The summed E-state index contributed by atoms with van der Waals surface area (Å²) < 4.78 is 63.8. The number of nitrogens with two attached hydrogens (primary N) is 1. The Bertz CT molecular complexity index is 760. The van der Waals surface area contributed by atoms with E-state index in [2.05, 4.69) is 0 Å². The van der Waals surface area contributed by atoms with Crippen molar-refractivity contribution in [3.8, 4) is 0 Å². The molecular weight excluding hydrogens is 291 g/mol. The van der Waals surface area contributed by atoms with E-state index < -0.39 is 37.9 Å². The van der Waals surface area contributed by atoms with Crippen molar-refractivity contribution in [3.05, 3.63) is 59.4 Å². The van der Waals surface area contributed by atoms with Gasteiger partial charge in [0.05, 0.1) is 16.3 Å². The summed E-state index contributed by atoms with van der Waals surface area (Å²) in [4.78, 5) is -0.443. The van der Waals surface area contributed by atoms with Gasteiger partial charge in [-0.05, 0) is 24.3 Å². The van der Waals surface area contributed by atoms with Crippen molar-refractivity contribution in [3.63, 3.8) is 0 Å². The average Bonchev–Trinajstić information content (AvgIpc) is 2.37. The summed E-state index contributed by atoms with van der Waals surface area (Å²) in [5.74, 6) is -3.97. The van der Waals surface area contributed by atoms with Gasteiger partial charge in [0.15, 0.2) is 21.5 Å². The van der Waals surface area contributed by atoms with Crippen LogP contribution in [0.3, 0.4) is 0 Å². The van der Waals surface area contributed by atoms with E-state index in [1.165, 1.54) is 6.07 Å². The third-order valence-electron chi connectivity index (χ3n) is 2.69. The van der Waals surface area contributed by atoms with E-state index in [0.717, 1.165) is 30.3 Å². The first-order valence-corrected chi connectivity index (χ1v) is 7.17. The fourth-order valence-corrected chi connectivity index (χ4v) is 3.23. The Hall–Kier alpha value is -2.02. The minimum Gasteiger partial charge on any atom is -0.398 e. The molecule has 0 heterocycles. The first kappa shape index (κ1) is 14.4. The third-order valence-corrected chi connectivity index (χ3v) is 4.40. The molecule has 7 heteroatoms. The number of nitrogen functional groups attached to an aromatic ring is 1. The molecule has 0 bridgehead atoms. The van der Waals surface area contributed by atoms with Crippen molar-refractivity contribution in [1.82, 2.24) is 0 Å². The molecule has 0 fully saturated rings. The van der Waals surface area contributed by atoms with Gasteiger partial charge in [-0.25, -0.2) is 21.6 Å². The smallest absolute Gasteiger partial charge is 0.184 e. The van der Waals surface area contributed by atoms with E-state index in [4.69, 9.17) is 5.73 Å². The molecule has 0 radical (unpaired) electrons. The molecule has 2 rings (SSSR count). The Morgan fingerprint density at radius 1 is 1.05 bits per heavy atom. The molecule has 0 unspecified atom stereocenters. The zero-order valence-electron chi connectivity index (χ0n) is 10.1. The lowest BCUT2D eigenvalue weighted by atomic mass is 10.2. The normalized spacial score (nSPS) is 11.6. The maximum absolute atomic E-state index is 13.5. The van der Waals surface area contributed by atoms with Crippen LogP contribution in [0, 0.1) is 17.5 Å². The van der Waals surface area contributed by atoms with E-state index in [-0.39, 0.29) is 11.3 Å². The third kappa shape index (κ3) is 2.77. The monoisotopic (exact) mass is 301 g/mol. The van der Waals surface area contributed by atoms with Gasteiger partial charge < -0.3 is 5.73 Å². The molecule has 2 aromatic rings. The van der Waals surface area contributed by atoms with Crippen LogP contribution in [0.4, 0.5) is 18.9 Å². The number of sulfone groups is 1. The summed E-state index contributed by atoms with van der Waals surface area (Å²) in [5, 5.41) is 0. The molecule has 0 saturated heterocycles. The van der Waals surface area contributed by atoms with Crippen LogP contribution in [-0.2, 0) is 15.6 Å². The van der Waals surface area contributed by atoms with Crippen LogP contribution in [0.5, 0.6) is 0 Å². The molecule has 2 N–H and O–H groups in total. The summed E-state index contributed by atoms with van der Waals surface area (Å²) in [6.45, 7) is 0. The first-order chi connectivity index (χ1) is 9.31. The first-order valence-electron chi connectivity index (χ1n) is 5.52. The van der Waals surface area contributed by atoms with Crippen molar-refractivity contribution in [1.29, 1.82) is 0 Å². The molecule has 0 saturated carbocycles. The van der Waals surface area contributed by atoms with E-state index in [1.54, 1.807) is 0 Å². The van der Waals surface area contributed by atoms with Gasteiger partial charge in [-0.3, -0.25) is 0 Å². The van der Waals surface area contributed by atoms with Crippen molar-refractivity contribution >= 4 is 15.5 Å². The van der Waals surface area contributed by atoms with Gasteiger partial charge in [0.1, 0.15) is 5.82 Å². The van der Waals surface area contributed by atoms with Crippen LogP contribution in [-0.4, -0.2) is 8.42 Å². The topological polar surface area (TPSA) is 60.2 Å². The summed E-state index contributed by atoms with van der Waals surface area (Å²) in [5.41, 5.74) is 4.99. The molecule has 0 aromatic heterocycles. The van der Waals surface area contributed by atoms with Crippen LogP contribution in [0.25, 0.3) is 0 Å². The van der Waals surface area contributed by atoms with E-state index >= 15 is 0 Å². The van der Waals surface area contributed by atoms with Crippen LogP contribution in [0.15, 0.2) is 41.3 Å². The maximum Gasteiger partial charge on any atom is 0.184 e. The Morgan fingerprint density at radius 3 is 2.45 bits per heavy atom. The van der Waals surface area contributed by atoms with Crippen LogP contribution in [0.2, 0.25) is 0 Å². The van der Waals surface area contributed by atoms with Crippen LogP contribution in [0.1, 0.15) is 5.56 Å². The fourth-order valence-electron chi connectivity index (χ4n) is 1.72. The molecule has 0 amide bonds. The van der Waals surface area contributed by atoms with Crippen LogP contribution >= 0.6 is 0 Å². The predicted octanol–water partition coefficient (Wildman–Crippen LogP) is 2.66. The Kier molecular flexibility index (Phi) is 3.71. The molecule has 2 aromatic carbocycles. The van der Waals surface area contributed by atoms with Gasteiger partial charge in [0.25, 0.3) is 0 Å². The minimum absolute atomic E-state index is 0.150. The van der Waals surface area contributed by atoms with Crippen molar-refractivity contribution in [2.75, 3.05) is 5.73 Å². The fraction of sp³-hybridized carbons (Fsp3) is 0.0769. The molecule has 0 aliphatic heterocycles. The molecule has 0 aliphatic carbocycles. The number of anilines is 1. The standard InChI is InChI=1S/C13H10F3NO2S/c14-9-4-5-11(17)12(6-9)20(18,19)7-8-2-1-3-10(15)13(8)16/h1-6H,7,17H2. The average molecular weight is 301 g/mol. The van der Waals surface area contributed by atoms with Crippen LogP contribution < -0.4 is 5.73 Å². The van der Waals surface area contributed by atoms with E-state index in [9.17, 15) is 21.6 Å². The zero-order chi connectivity index (χ0) is 14.9. The lowest BCUT2D eigenvalue weighted by Crippen LogP contribution is -2.10. The predicted molar refractivity (Wildman–Crippen MR) is 68.1 cm³/mol. The summed E-state index contributed by atoms with van der Waals surface area (Å²) in [6.07, 6.45) is 0. The number of halogens is 3. The van der Waals surface area contributed by atoms with Crippen molar-refractivity contribution < 1.29 is 21.6 Å². The van der Waals surface area contributed by atoms with Crippen molar-refractivity contribution in [2.45, 2.75) is 10.6 Å². The highest BCUT2D eigenvalue weighted by atomic mass is 32.2. The molecular formula is C13H10F3NO2S. The highest BCUT2D eigenvalue weighted by Gasteiger charge is 2.22. The highest BCUT2D eigenvalue weighted by Crippen LogP contribution is 2.24. The highest BCUT2D eigenvalue weighted by molar-refractivity contribution is 7.90. The van der Waals surface area contributed by atoms with Gasteiger partial charge in [0.2, 0.25) is 0 Å². The quantitative estimate of drug-likeness (QED) is 0.887. The van der Waals surface area contributed by atoms with E-state index in [0.29, 0.717) is 0 Å². The molecule has 3 nitrogen and oxygen atoms in total. The molecule has 0 aliphatic rings. The largest absolute Gasteiger partial charge is 0.398 e. The van der Waals surface area contributed by atoms with E-state index in [1.807, 2.05) is 0 Å². The van der Waals surface area contributed by atoms with Gasteiger partial charge in [-0.2, -0.15) is 0 Å². The molecule has 20 heavy (non-hydrogen) atoms. The van der Waals surface area contributed by atoms with Crippen molar-refractivity contribution in [2.24, 2.45) is 0 Å². The second kappa shape index (κ2) is 5.16.